The summed E-state index contributed by atoms with van der Waals surface area (Å²) < 4.78 is 5.08. The van der Waals surface area contributed by atoms with Gasteiger partial charge in [0.15, 0.2) is 0 Å². The summed E-state index contributed by atoms with van der Waals surface area (Å²) in [4.78, 5) is 0. The Kier molecular flexibility index (Phi) is 2.86. The highest BCUT2D eigenvalue weighted by atomic mass is 32.1. The first kappa shape index (κ1) is 9.30. The summed E-state index contributed by atoms with van der Waals surface area (Å²) in [7, 11) is 0. The third-order valence-corrected chi connectivity index (χ3v) is 2.58. The molecule has 0 aliphatic rings. The Labute approximate surface area is 86.0 Å². The van der Waals surface area contributed by atoms with Crippen molar-refractivity contribution in [1.82, 2.24) is 0 Å². The molecule has 2 N–H and O–H groups in total. The molecule has 2 aromatic heterocycles. The second kappa shape index (κ2) is 4.30. The maximum Gasteiger partial charge on any atom is 0.134 e. The highest BCUT2D eigenvalue weighted by Crippen LogP contribution is 2.16. The minimum atomic E-state index is -0.593. The van der Waals surface area contributed by atoms with Crippen LogP contribution in [0.3, 0.4) is 0 Å². The lowest BCUT2D eigenvalue weighted by Crippen LogP contribution is -2.10. The van der Waals surface area contributed by atoms with E-state index in [1.54, 1.807) is 29.7 Å². The van der Waals surface area contributed by atoms with Crippen LogP contribution in [0, 0.1) is 0 Å². The largest absolute Gasteiger partial charge is 0.467 e. The van der Waals surface area contributed by atoms with Crippen molar-refractivity contribution in [3.05, 3.63) is 41.0 Å². The summed E-state index contributed by atoms with van der Waals surface area (Å²) in [6, 6.07) is 5.50. The van der Waals surface area contributed by atoms with Gasteiger partial charge in [-0.05, 0) is 23.6 Å². The van der Waals surface area contributed by atoms with Crippen molar-refractivity contribution in [2.45, 2.75) is 6.10 Å². The van der Waals surface area contributed by atoms with Crippen molar-refractivity contribution in [2.24, 2.45) is 0 Å². The second-order valence-electron chi connectivity index (χ2n) is 2.92. The summed E-state index contributed by atoms with van der Waals surface area (Å²) in [5.41, 5.74) is 1.03. The molecule has 1 unspecified atom stereocenters. The second-order valence-corrected chi connectivity index (χ2v) is 3.70. The summed E-state index contributed by atoms with van der Waals surface area (Å²) in [6.45, 7) is 0.463. The maximum atomic E-state index is 9.66. The molecule has 0 saturated carbocycles. The molecule has 0 aliphatic heterocycles. The van der Waals surface area contributed by atoms with E-state index in [1.165, 1.54) is 0 Å². The van der Waals surface area contributed by atoms with Crippen molar-refractivity contribution < 1.29 is 9.52 Å². The van der Waals surface area contributed by atoms with E-state index in [4.69, 9.17) is 4.42 Å². The van der Waals surface area contributed by atoms with Crippen molar-refractivity contribution in [3.8, 4) is 0 Å². The molecule has 0 aliphatic carbocycles. The first-order valence-electron chi connectivity index (χ1n) is 4.34. The SMILES string of the molecule is OC(CNc1ccsc1)c1ccco1. The van der Waals surface area contributed by atoms with Gasteiger partial charge in [-0.3, -0.25) is 0 Å². The monoisotopic (exact) mass is 209 g/mol. The number of aliphatic hydroxyl groups is 1. The first-order valence-corrected chi connectivity index (χ1v) is 5.28. The van der Waals surface area contributed by atoms with Gasteiger partial charge in [0.1, 0.15) is 11.9 Å². The average molecular weight is 209 g/mol. The van der Waals surface area contributed by atoms with E-state index in [0.29, 0.717) is 12.3 Å². The van der Waals surface area contributed by atoms with E-state index in [9.17, 15) is 5.11 Å². The van der Waals surface area contributed by atoms with E-state index in [2.05, 4.69) is 5.32 Å². The molecule has 74 valence electrons. The third-order valence-electron chi connectivity index (χ3n) is 1.89. The van der Waals surface area contributed by atoms with Crippen LogP contribution >= 0.6 is 11.3 Å². The number of furan rings is 1. The standard InChI is InChI=1S/C10H11NO2S/c12-9(10-2-1-4-13-10)6-11-8-3-5-14-7-8/h1-5,7,9,11-12H,6H2. The normalized spacial score (nSPS) is 12.6. The van der Waals surface area contributed by atoms with Gasteiger partial charge in [-0.25, -0.2) is 0 Å². The highest BCUT2D eigenvalue weighted by Gasteiger charge is 2.09. The molecule has 1 atom stereocenters. The van der Waals surface area contributed by atoms with Gasteiger partial charge < -0.3 is 14.8 Å². The molecule has 0 bridgehead atoms. The quantitative estimate of drug-likeness (QED) is 0.813. The van der Waals surface area contributed by atoms with Crippen molar-refractivity contribution >= 4 is 17.0 Å². The number of rotatable bonds is 4. The predicted octanol–water partition coefficient (Wildman–Crippen LogP) is 2.49. The molecule has 3 nitrogen and oxygen atoms in total. The van der Waals surface area contributed by atoms with Crippen LogP contribution in [-0.4, -0.2) is 11.7 Å². The zero-order chi connectivity index (χ0) is 9.80. The molecule has 0 amide bonds. The van der Waals surface area contributed by atoms with E-state index >= 15 is 0 Å². The topological polar surface area (TPSA) is 45.4 Å². The fraction of sp³-hybridized carbons (Fsp3) is 0.200. The zero-order valence-electron chi connectivity index (χ0n) is 7.51. The maximum absolute atomic E-state index is 9.66. The fourth-order valence-corrected chi connectivity index (χ4v) is 1.77. The Morgan fingerprint density at radius 2 is 2.43 bits per heavy atom. The smallest absolute Gasteiger partial charge is 0.134 e. The molecular weight excluding hydrogens is 198 g/mol. The molecular formula is C10H11NO2S. The lowest BCUT2D eigenvalue weighted by molar-refractivity contribution is 0.162. The minimum Gasteiger partial charge on any atom is -0.467 e. The Hall–Kier alpha value is -1.26. The van der Waals surface area contributed by atoms with Crippen molar-refractivity contribution in [3.63, 3.8) is 0 Å². The van der Waals surface area contributed by atoms with Gasteiger partial charge in [0.25, 0.3) is 0 Å². The van der Waals surface area contributed by atoms with Crippen LogP contribution in [0.1, 0.15) is 11.9 Å². The molecule has 0 fully saturated rings. The van der Waals surface area contributed by atoms with Gasteiger partial charge in [-0.15, -0.1) is 0 Å². The predicted molar refractivity (Wildman–Crippen MR) is 56.5 cm³/mol. The lowest BCUT2D eigenvalue weighted by Gasteiger charge is -2.08. The van der Waals surface area contributed by atoms with Gasteiger partial charge in [0, 0.05) is 17.6 Å². The zero-order valence-corrected chi connectivity index (χ0v) is 8.33. The van der Waals surface area contributed by atoms with Gasteiger partial charge in [-0.1, -0.05) is 0 Å². The fourth-order valence-electron chi connectivity index (χ4n) is 1.16. The van der Waals surface area contributed by atoms with Crippen molar-refractivity contribution in [1.29, 1.82) is 0 Å². The Balaban J connectivity index is 1.87. The van der Waals surface area contributed by atoms with E-state index in [-0.39, 0.29) is 0 Å². The van der Waals surface area contributed by atoms with E-state index in [1.807, 2.05) is 16.8 Å². The molecule has 0 aromatic carbocycles. The van der Waals surface area contributed by atoms with Crippen LogP contribution in [0.15, 0.2) is 39.6 Å². The van der Waals surface area contributed by atoms with Gasteiger partial charge in [-0.2, -0.15) is 11.3 Å². The van der Waals surface area contributed by atoms with Gasteiger partial charge in [0.05, 0.1) is 6.26 Å². The molecule has 14 heavy (non-hydrogen) atoms. The molecule has 4 heteroatoms. The van der Waals surface area contributed by atoms with Gasteiger partial charge >= 0.3 is 0 Å². The minimum absolute atomic E-state index is 0.463. The number of hydrogen-bond donors (Lipinski definition) is 2. The number of hydrogen-bond acceptors (Lipinski definition) is 4. The van der Waals surface area contributed by atoms with Crippen molar-refractivity contribution in [2.75, 3.05) is 11.9 Å². The summed E-state index contributed by atoms with van der Waals surface area (Å²) in [6.07, 6.45) is 0.966. The first-order chi connectivity index (χ1) is 6.86. The Morgan fingerprint density at radius 1 is 1.50 bits per heavy atom. The molecule has 2 rings (SSSR count). The van der Waals surface area contributed by atoms with E-state index in [0.717, 1.165) is 5.69 Å². The van der Waals surface area contributed by atoms with Crippen LogP contribution in [0.5, 0.6) is 0 Å². The lowest BCUT2D eigenvalue weighted by atomic mass is 10.2. The summed E-state index contributed by atoms with van der Waals surface area (Å²) in [5, 5.41) is 16.8. The Morgan fingerprint density at radius 3 is 3.07 bits per heavy atom. The van der Waals surface area contributed by atoms with Crippen LogP contribution in [0.4, 0.5) is 5.69 Å². The number of anilines is 1. The van der Waals surface area contributed by atoms with Crippen LogP contribution < -0.4 is 5.32 Å². The number of nitrogens with one attached hydrogen (secondary N) is 1. The molecule has 0 radical (unpaired) electrons. The number of thiophene rings is 1. The summed E-state index contributed by atoms with van der Waals surface area (Å²) in [5.74, 6) is 0.590. The van der Waals surface area contributed by atoms with Crippen LogP contribution in [0.2, 0.25) is 0 Å². The molecule has 2 heterocycles. The molecule has 0 spiro atoms. The van der Waals surface area contributed by atoms with E-state index < -0.39 is 6.10 Å². The summed E-state index contributed by atoms with van der Waals surface area (Å²) >= 11 is 1.62. The third kappa shape index (κ3) is 2.16. The highest BCUT2D eigenvalue weighted by molar-refractivity contribution is 7.08. The Bertz CT molecular complexity index is 355. The molecule has 0 saturated heterocycles. The molecule has 2 aromatic rings. The van der Waals surface area contributed by atoms with Crippen LogP contribution in [0.25, 0.3) is 0 Å². The average Bonchev–Trinajstić information content (AvgIpc) is 2.87. The number of aliphatic hydroxyl groups excluding tert-OH is 1. The van der Waals surface area contributed by atoms with Crippen LogP contribution in [-0.2, 0) is 0 Å². The van der Waals surface area contributed by atoms with Gasteiger partial charge in [0.2, 0.25) is 0 Å².